The molecule has 0 fully saturated rings. The maximum atomic E-state index is 13.2. The van der Waals surface area contributed by atoms with Crippen molar-refractivity contribution in [3.05, 3.63) is 70.4 Å². The van der Waals surface area contributed by atoms with E-state index in [0.29, 0.717) is 29.7 Å². The van der Waals surface area contributed by atoms with Crippen molar-refractivity contribution >= 4 is 34.3 Å². The minimum atomic E-state index is -1.02. The van der Waals surface area contributed by atoms with E-state index >= 15 is 0 Å². The van der Waals surface area contributed by atoms with Gasteiger partial charge in [-0.05, 0) is 61.2 Å². The molecule has 35 heavy (non-hydrogen) atoms. The summed E-state index contributed by atoms with van der Waals surface area (Å²) in [6.07, 6.45) is 2.14. The van der Waals surface area contributed by atoms with Crippen LogP contribution in [0.2, 0.25) is 0 Å². The SMILES string of the molecule is COC(=O)C1=C(c2c(CN(C)C(=O)c3ccc(OC)cc3)n(C)c3cc(C(=O)O)ccc23)CCC1. The van der Waals surface area contributed by atoms with E-state index in [0.717, 1.165) is 34.2 Å². The van der Waals surface area contributed by atoms with Crippen molar-refractivity contribution < 1.29 is 29.0 Å². The van der Waals surface area contributed by atoms with Gasteiger partial charge >= 0.3 is 11.9 Å². The average molecular weight is 477 g/mol. The number of carboxylic acid groups (broad SMARTS) is 1. The van der Waals surface area contributed by atoms with Crippen LogP contribution in [0.25, 0.3) is 16.5 Å². The molecule has 0 unspecified atom stereocenters. The van der Waals surface area contributed by atoms with E-state index in [1.165, 1.54) is 7.11 Å². The van der Waals surface area contributed by atoms with E-state index < -0.39 is 5.97 Å². The number of esters is 1. The van der Waals surface area contributed by atoms with Gasteiger partial charge < -0.3 is 24.0 Å². The molecule has 1 heterocycles. The molecule has 0 radical (unpaired) electrons. The van der Waals surface area contributed by atoms with Gasteiger partial charge in [-0.25, -0.2) is 9.59 Å². The first-order chi connectivity index (χ1) is 16.8. The van der Waals surface area contributed by atoms with Crippen LogP contribution in [0.1, 0.15) is 51.2 Å². The molecule has 8 nitrogen and oxygen atoms in total. The Morgan fingerprint density at radius 2 is 1.71 bits per heavy atom. The number of rotatable bonds is 7. The van der Waals surface area contributed by atoms with Crippen LogP contribution in [0.15, 0.2) is 48.0 Å². The van der Waals surface area contributed by atoms with E-state index in [1.54, 1.807) is 61.5 Å². The Bertz CT molecular complexity index is 1350. The number of carbonyl (C=O) groups is 3. The van der Waals surface area contributed by atoms with Gasteiger partial charge in [0.15, 0.2) is 0 Å². The number of carboxylic acids is 1. The largest absolute Gasteiger partial charge is 0.497 e. The second kappa shape index (κ2) is 9.66. The number of aromatic nitrogens is 1. The molecule has 1 N–H and O–H groups in total. The molecule has 0 spiro atoms. The fraction of sp³-hybridized carbons (Fsp3) is 0.296. The van der Waals surface area contributed by atoms with Crippen LogP contribution in [0.3, 0.4) is 0 Å². The molecule has 3 aromatic rings. The van der Waals surface area contributed by atoms with Gasteiger partial charge in [0, 0.05) is 47.4 Å². The van der Waals surface area contributed by atoms with Gasteiger partial charge in [0.1, 0.15) is 5.75 Å². The van der Waals surface area contributed by atoms with Crippen LogP contribution in [0.4, 0.5) is 0 Å². The zero-order valence-corrected chi connectivity index (χ0v) is 20.3. The lowest BCUT2D eigenvalue weighted by molar-refractivity contribution is -0.136. The number of hydrogen-bond acceptors (Lipinski definition) is 5. The summed E-state index contributed by atoms with van der Waals surface area (Å²) < 4.78 is 12.1. The molecule has 8 heteroatoms. The first kappa shape index (κ1) is 24.1. The van der Waals surface area contributed by atoms with Crippen LogP contribution in [0, 0.1) is 0 Å². The molecule has 0 saturated heterocycles. The summed E-state index contributed by atoms with van der Waals surface area (Å²) in [5.41, 5.74) is 4.64. The van der Waals surface area contributed by atoms with Gasteiger partial charge in [-0.2, -0.15) is 0 Å². The molecule has 182 valence electrons. The number of allylic oxidation sites excluding steroid dienone is 1. The molecule has 0 atom stereocenters. The van der Waals surface area contributed by atoms with Crippen LogP contribution in [-0.2, 0) is 23.1 Å². The molecular weight excluding hydrogens is 448 g/mol. The zero-order chi connectivity index (χ0) is 25.3. The van der Waals surface area contributed by atoms with Crippen LogP contribution in [-0.4, -0.2) is 53.7 Å². The second-order valence-electron chi connectivity index (χ2n) is 8.61. The Labute approximate surface area is 203 Å². The number of methoxy groups -OCH3 is 2. The summed E-state index contributed by atoms with van der Waals surface area (Å²) in [6.45, 7) is 0.270. The lowest BCUT2D eigenvalue weighted by Crippen LogP contribution is -2.27. The van der Waals surface area contributed by atoms with Gasteiger partial charge in [0.2, 0.25) is 0 Å². The van der Waals surface area contributed by atoms with Crippen molar-refractivity contribution in [1.82, 2.24) is 9.47 Å². The number of aromatic carboxylic acids is 1. The molecule has 4 rings (SSSR count). The fourth-order valence-corrected chi connectivity index (χ4v) is 4.76. The summed E-state index contributed by atoms with van der Waals surface area (Å²) in [5.74, 6) is -0.870. The maximum Gasteiger partial charge on any atom is 0.335 e. The molecule has 1 amide bonds. The van der Waals surface area contributed by atoms with E-state index in [9.17, 15) is 19.5 Å². The van der Waals surface area contributed by atoms with Gasteiger partial charge in [-0.15, -0.1) is 0 Å². The number of aryl methyl sites for hydroxylation is 1. The third-order valence-electron chi connectivity index (χ3n) is 6.59. The summed E-state index contributed by atoms with van der Waals surface area (Å²) in [5, 5.41) is 10.4. The Balaban J connectivity index is 1.83. The number of amides is 1. The number of ether oxygens (including phenoxy) is 2. The molecule has 1 aliphatic rings. The molecule has 1 aromatic heterocycles. The Morgan fingerprint density at radius 1 is 1.03 bits per heavy atom. The molecule has 1 aliphatic carbocycles. The molecule has 2 aromatic carbocycles. The minimum Gasteiger partial charge on any atom is -0.497 e. The molecular formula is C27H28N2O6. The summed E-state index contributed by atoms with van der Waals surface area (Å²) >= 11 is 0. The van der Waals surface area contributed by atoms with Crippen LogP contribution < -0.4 is 4.74 Å². The van der Waals surface area contributed by atoms with Gasteiger partial charge in [-0.1, -0.05) is 6.07 Å². The third-order valence-corrected chi connectivity index (χ3v) is 6.59. The maximum absolute atomic E-state index is 13.2. The Kier molecular flexibility index (Phi) is 6.64. The van der Waals surface area contributed by atoms with Gasteiger partial charge in [0.25, 0.3) is 5.91 Å². The first-order valence-corrected chi connectivity index (χ1v) is 11.3. The van der Waals surface area contributed by atoms with Gasteiger partial charge in [-0.3, -0.25) is 4.79 Å². The zero-order valence-electron chi connectivity index (χ0n) is 20.3. The van der Waals surface area contributed by atoms with E-state index in [2.05, 4.69) is 0 Å². The summed E-state index contributed by atoms with van der Waals surface area (Å²) in [6, 6.07) is 11.9. The normalized spacial score (nSPS) is 13.3. The average Bonchev–Trinajstić information content (AvgIpc) is 3.45. The topological polar surface area (TPSA) is 98.1 Å². The first-order valence-electron chi connectivity index (χ1n) is 11.3. The number of benzene rings is 2. The second-order valence-corrected chi connectivity index (χ2v) is 8.61. The van der Waals surface area contributed by atoms with E-state index in [-0.39, 0.29) is 24.0 Å². The quantitative estimate of drug-likeness (QED) is 0.512. The predicted octanol–water partition coefficient (Wildman–Crippen LogP) is 4.27. The van der Waals surface area contributed by atoms with Crippen molar-refractivity contribution in [3.8, 4) is 5.75 Å². The van der Waals surface area contributed by atoms with E-state index in [4.69, 9.17) is 9.47 Å². The van der Waals surface area contributed by atoms with Crippen molar-refractivity contribution in [2.45, 2.75) is 25.8 Å². The highest BCUT2D eigenvalue weighted by atomic mass is 16.5. The number of carbonyl (C=O) groups excluding carboxylic acids is 2. The lowest BCUT2D eigenvalue weighted by atomic mass is 9.97. The number of hydrogen-bond donors (Lipinski definition) is 1. The molecule has 0 bridgehead atoms. The smallest absolute Gasteiger partial charge is 0.335 e. The molecule has 0 aliphatic heterocycles. The standard InChI is InChI=1S/C27H28N2O6/c1-28(25(30)16-8-11-18(34-3)12-9-16)15-23-24(19-6-5-7-20(19)27(33)35-4)21-13-10-17(26(31)32)14-22(21)29(23)2/h8-14H,5-7,15H2,1-4H3,(H,31,32). The highest BCUT2D eigenvalue weighted by Gasteiger charge is 2.29. The van der Waals surface area contributed by atoms with Crippen molar-refractivity contribution in [1.29, 1.82) is 0 Å². The highest BCUT2D eigenvalue weighted by molar-refractivity contribution is 6.06. The van der Waals surface area contributed by atoms with Gasteiger partial charge in [0.05, 0.1) is 26.3 Å². The van der Waals surface area contributed by atoms with Crippen molar-refractivity contribution in [3.63, 3.8) is 0 Å². The lowest BCUT2D eigenvalue weighted by Gasteiger charge is -2.20. The summed E-state index contributed by atoms with van der Waals surface area (Å²) in [7, 11) is 6.52. The number of nitrogens with zero attached hydrogens (tertiary/aromatic N) is 2. The summed E-state index contributed by atoms with van der Waals surface area (Å²) in [4.78, 5) is 38.9. The highest BCUT2D eigenvalue weighted by Crippen LogP contribution is 2.41. The Morgan fingerprint density at radius 3 is 2.34 bits per heavy atom. The number of fused-ring (bicyclic) bond motifs is 1. The minimum absolute atomic E-state index is 0.163. The fourth-order valence-electron chi connectivity index (χ4n) is 4.76. The van der Waals surface area contributed by atoms with E-state index in [1.807, 2.05) is 11.6 Å². The monoisotopic (exact) mass is 476 g/mol. The molecule has 0 saturated carbocycles. The van der Waals surface area contributed by atoms with Crippen LogP contribution >= 0.6 is 0 Å². The van der Waals surface area contributed by atoms with Crippen molar-refractivity contribution in [2.75, 3.05) is 21.3 Å². The Hall–Kier alpha value is -4.07. The third kappa shape index (κ3) is 4.39. The predicted molar refractivity (Wildman–Crippen MR) is 131 cm³/mol. The van der Waals surface area contributed by atoms with Crippen LogP contribution in [0.5, 0.6) is 5.75 Å². The van der Waals surface area contributed by atoms with Crippen molar-refractivity contribution in [2.24, 2.45) is 7.05 Å².